The molecular weight excluding hydrogens is 216 g/mol. The molecule has 0 aliphatic heterocycles. The van der Waals surface area contributed by atoms with Crippen LogP contribution in [-0.2, 0) is 4.79 Å². The van der Waals surface area contributed by atoms with Gasteiger partial charge in [-0.25, -0.2) is 0 Å². The lowest BCUT2D eigenvalue weighted by Gasteiger charge is -2.40. The van der Waals surface area contributed by atoms with Crippen LogP contribution in [-0.4, -0.2) is 30.2 Å². The average Bonchev–Trinajstić information content (AvgIpc) is 2.56. The molecular formula is C13H24N2O2. The van der Waals surface area contributed by atoms with Crippen molar-refractivity contribution < 1.29 is 9.90 Å². The van der Waals surface area contributed by atoms with Crippen LogP contribution in [0, 0.1) is 16.2 Å². The molecule has 2 aliphatic rings. The second-order valence-electron chi connectivity index (χ2n) is 6.39. The first kappa shape index (κ1) is 12.8. The van der Waals surface area contributed by atoms with E-state index in [1.54, 1.807) is 0 Å². The van der Waals surface area contributed by atoms with Crippen molar-refractivity contribution in [2.75, 3.05) is 13.1 Å². The van der Waals surface area contributed by atoms with Crippen LogP contribution in [0.3, 0.4) is 0 Å². The maximum absolute atomic E-state index is 12.4. The van der Waals surface area contributed by atoms with Crippen molar-refractivity contribution in [1.82, 2.24) is 5.32 Å². The van der Waals surface area contributed by atoms with Crippen molar-refractivity contribution >= 4 is 5.91 Å². The van der Waals surface area contributed by atoms with Gasteiger partial charge < -0.3 is 16.2 Å². The zero-order valence-electron chi connectivity index (χ0n) is 11.0. The summed E-state index contributed by atoms with van der Waals surface area (Å²) in [5.41, 5.74) is 4.73. The van der Waals surface area contributed by atoms with Crippen molar-refractivity contribution in [3.63, 3.8) is 0 Å². The Hall–Kier alpha value is -0.610. The van der Waals surface area contributed by atoms with E-state index in [9.17, 15) is 9.90 Å². The lowest BCUT2D eigenvalue weighted by Crippen LogP contribution is -2.47. The third-order valence-electron chi connectivity index (χ3n) is 5.84. The quantitative estimate of drug-likeness (QED) is 0.677. The molecule has 2 saturated carbocycles. The number of carbonyl (C=O) groups is 1. The third-order valence-corrected chi connectivity index (χ3v) is 5.84. The smallest absolute Gasteiger partial charge is 0.226 e. The lowest BCUT2D eigenvalue weighted by atomic mass is 9.64. The summed E-state index contributed by atoms with van der Waals surface area (Å²) in [4.78, 5) is 12.4. The van der Waals surface area contributed by atoms with E-state index in [1.807, 2.05) is 0 Å². The van der Waals surface area contributed by atoms with Gasteiger partial charge in [-0.1, -0.05) is 20.8 Å². The first-order valence-corrected chi connectivity index (χ1v) is 6.48. The number of carbonyl (C=O) groups excluding carboxylic acids is 1. The van der Waals surface area contributed by atoms with Gasteiger partial charge in [-0.05, 0) is 30.1 Å². The van der Waals surface area contributed by atoms with Crippen LogP contribution in [0.2, 0.25) is 0 Å². The van der Waals surface area contributed by atoms with Crippen LogP contribution >= 0.6 is 0 Å². The van der Waals surface area contributed by atoms with Gasteiger partial charge in [0.05, 0.1) is 11.5 Å². The summed E-state index contributed by atoms with van der Waals surface area (Å²) in [5, 5.41) is 13.2. The molecule has 0 saturated heterocycles. The number of nitrogens with one attached hydrogen (secondary N) is 1. The van der Waals surface area contributed by atoms with E-state index in [4.69, 9.17) is 5.73 Å². The lowest BCUT2D eigenvalue weighted by molar-refractivity contribution is -0.136. The number of aliphatic hydroxyl groups is 1. The third kappa shape index (κ3) is 1.34. The molecule has 0 radical (unpaired) electrons. The van der Waals surface area contributed by atoms with Crippen LogP contribution in [0.5, 0.6) is 0 Å². The van der Waals surface area contributed by atoms with E-state index in [2.05, 4.69) is 26.1 Å². The monoisotopic (exact) mass is 240 g/mol. The molecule has 2 aliphatic carbocycles. The van der Waals surface area contributed by atoms with Crippen LogP contribution in [0.15, 0.2) is 0 Å². The van der Waals surface area contributed by atoms with Gasteiger partial charge in [-0.15, -0.1) is 0 Å². The minimum atomic E-state index is -0.406. The Labute approximate surface area is 103 Å². The van der Waals surface area contributed by atoms with E-state index < -0.39 is 5.41 Å². The van der Waals surface area contributed by atoms with Crippen LogP contribution in [0.4, 0.5) is 0 Å². The first-order chi connectivity index (χ1) is 7.82. The predicted octanol–water partition coefficient (Wildman–Crippen LogP) is 0.639. The number of amides is 1. The summed E-state index contributed by atoms with van der Waals surface area (Å²) in [7, 11) is 0. The van der Waals surface area contributed by atoms with Crippen LogP contribution in [0.25, 0.3) is 0 Å². The minimum Gasteiger partial charge on any atom is -0.393 e. The number of hydrogen-bond donors (Lipinski definition) is 3. The number of nitrogens with two attached hydrogens (primary N) is 1. The van der Waals surface area contributed by atoms with Crippen molar-refractivity contribution in [3.8, 4) is 0 Å². The topological polar surface area (TPSA) is 75.4 Å². The molecule has 0 unspecified atom stereocenters. The Balaban J connectivity index is 2.30. The molecule has 0 heterocycles. The summed E-state index contributed by atoms with van der Waals surface area (Å²) in [5.74, 6) is 0.0771. The predicted molar refractivity (Wildman–Crippen MR) is 66.2 cm³/mol. The van der Waals surface area contributed by atoms with Gasteiger partial charge in [0, 0.05) is 13.1 Å². The normalized spacial score (nSPS) is 42.8. The fourth-order valence-electron chi connectivity index (χ4n) is 3.99. The Kier molecular flexibility index (Phi) is 2.79. The SMILES string of the molecule is CC1(C)[C@]2(C(=O)NCCN)CC[C@@]1(C)[C@@H](O)C2. The largest absolute Gasteiger partial charge is 0.393 e. The molecule has 2 fully saturated rings. The van der Waals surface area contributed by atoms with Crippen LogP contribution < -0.4 is 11.1 Å². The number of hydrogen-bond acceptors (Lipinski definition) is 3. The van der Waals surface area contributed by atoms with E-state index in [-0.39, 0.29) is 22.8 Å². The average molecular weight is 240 g/mol. The maximum atomic E-state index is 12.4. The van der Waals surface area contributed by atoms with Crippen molar-refractivity contribution in [3.05, 3.63) is 0 Å². The highest BCUT2D eigenvalue weighted by atomic mass is 16.3. The van der Waals surface area contributed by atoms with E-state index in [0.29, 0.717) is 19.5 Å². The number of rotatable bonds is 3. The Morgan fingerprint density at radius 3 is 2.47 bits per heavy atom. The molecule has 3 atom stereocenters. The summed E-state index contributed by atoms with van der Waals surface area (Å²) in [6.45, 7) is 7.34. The molecule has 0 spiro atoms. The molecule has 98 valence electrons. The molecule has 2 bridgehead atoms. The second-order valence-corrected chi connectivity index (χ2v) is 6.39. The van der Waals surface area contributed by atoms with Gasteiger partial charge >= 0.3 is 0 Å². The second kappa shape index (κ2) is 3.69. The Morgan fingerprint density at radius 2 is 2.06 bits per heavy atom. The van der Waals surface area contributed by atoms with Gasteiger partial charge in [-0.3, -0.25) is 4.79 Å². The zero-order chi connectivity index (χ0) is 12.9. The molecule has 0 aromatic carbocycles. The summed E-state index contributed by atoms with van der Waals surface area (Å²) in [6, 6.07) is 0. The molecule has 1 amide bonds. The van der Waals surface area contributed by atoms with Gasteiger partial charge in [0.2, 0.25) is 5.91 Å². The first-order valence-electron chi connectivity index (χ1n) is 6.48. The van der Waals surface area contributed by atoms with Gasteiger partial charge in [0.25, 0.3) is 0 Å². The van der Waals surface area contributed by atoms with Crippen molar-refractivity contribution in [1.29, 1.82) is 0 Å². The van der Waals surface area contributed by atoms with E-state index >= 15 is 0 Å². The van der Waals surface area contributed by atoms with Gasteiger partial charge in [0.1, 0.15) is 0 Å². The Bertz CT molecular complexity index is 342. The molecule has 0 aromatic heterocycles. The molecule has 0 aromatic rings. The fraction of sp³-hybridized carbons (Fsp3) is 0.923. The molecule has 17 heavy (non-hydrogen) atoms. The molecule has 4 heteroatoms. The zero-order valence-corrected chi connectivity index (χ0v) is 11.0. The van der Waals surface area contributed by atoms with Crippen molar-refractivity contribution in [2.24, 2.45) is 22.0 Å². The molecule has 2 rings (SSSR count). The summed E-state index contributed by atoms with van der Waals surface area (Å²) in [6.07, 6.45) is 2.03. The summed E-state index contributed by atoms with van der Waals surface area (Å²) < 4.78 is 0. The number of aliphatic hydroxyl groups excluding tert-OH is 1. The summed E-state index contributed by atoms with van der Waals surface area (Å²) >= 11 is 0. The molecule has 4 nitrogen and oxygen atoms in total. The van der Waals surface area contributed by atoms with Gasteiger partial charge in [0.15, 0.2) is 0 Å². The fourth-order valence-corrected chi connectivity index (χ4v) is 3.99. The highest BCUT2D eigenvalue weighted by Gasteiger charge is 2.71. The maximum Gasteiger partial charge on any atom is 0.226 e. The van der Waals surface area contributed by atoms with Crippen molar-refractivity contribution in [2.45, 2.75) is 46.1 Å². The minimum absolute atomic E-state index is 0.0771. The van der Waals surface area contributed by atoms with Gasteiger partial charge in [-0.2, -0.15) is 0 Å². The highest BCUT2D eigenvalue weighted by molar-refractivity contribution is 5.85. The van der Waals surface area contributed by atoms with Crippen LogP contribution in [0.1, 0.15) is 40.0 Å². The van der Waals surface area contributed by atoms with E-state index in [1.165, 1.54) is 0 Å². The molecule has 4 N–H and O–H groups in total. The standard InChI is InChI=1S/C13H24N2O2/c1-11(2)12(3)4-5-13(11,8-9(12)16)10(17)15-7-6-14/h9,16H,4-8,14H2,1-3H3,(H,15,17)/t9-,12-,13+/m0/s1. The highest BCUT2D eigenvalue weighted by Crippen LogP contribution is 2.72. The van der Waals surface area contributed by atoms with E-state index in [0.717, 1.165) is 12.8 Å². The Morgan fingerprint density at radius 1 is 1.41 bits per heavy atom. The number of fused-ring (bicyclic) bond motifs is 2.